The van der Waals surface area contributed by atoms with E-state index in [-0.39, 0.29) is 5.91 Å². The molecule has 130 valence electrons. The highest BCUT2D eigenvalue weighted by Crippen LogP contribution is 2.29. The van der Waals surface area contributed by atoms with Crippen LogP contribution >= 0.6 is 11.6 Å². The van der Waals surface area contributed by atoms with Crippen molar-refractivity contribution in [2.24, 2.45) is 0 Å². The van der Waals surface area contributed by atoms with Crippen molar-refractivity contribution in [3.05, 3.63) is 64.2 Å². The molecule has 2 aromatic rings. The van der Waals surface area contributed by atoms with Crippen LogP contribution in [0.3, 0.4) is 0 Å². The normalized spacial score (nSPS) is 15.0. The fourth-order valence-electron chi connectivity index (χ4n) is 2.87. The lowest BCUT2D eigenvalue weighted by atomic mass is 9.98. The van der Waals surface area contributed by atoms with E-state index in [9.17, 15) is 14.7 Å². The second kappa shape index (κ2) is 7.15. The van der Waals surface area contributed by atoms with Gasteiger partial charge in [-0.25, -0.2) is 4.79 Å². The van der Waals surface area contributed by atoms with Crippen LogP contribution in [-0.4, -0.2) is 23.6 Å². The molecule has 0 radical (unpaired) electrons. The SMILES string of the molecule is CC(C(=O)NC(C(=O)O)c1ccc2c(c1)CCO2)c1cccc(Cl)c1. The quantitative estimate of drug-likeness (QED) is 0.858. The van der Waals surface area contributed by atoms with Crippen LogP contribution in [0.1, 0.15) is 35.6 Å². The number of hydrogen-bond acceptors (Lipinski definition) is 3. The van der Waals surface area contributed by atoms with Crippen LogP contribution in [0.4, 0.5) is 0 Å². The maximum Gasteiger partial charge on any atom is 0.330 e. The highest BCUT2D eigenvalue weighted by Gasteiger charge is 2.26. The largest absolute Gasteiger partial charge is 0.493 e. The average Bonchev–Trinajstić information content (AvgIpc) is 3.06. The van der Waals surface area contributed by atoms with Gasteiger partial charge in [-0.3, -0.25) is 4.79 Å². The van der Waals surface area contributed by atoms with Gasteiger partial charge in [-0.2, -0.15) is 0 Å². The molecule has 1 aliphatic heterocycles. The maximum absolute atomic E-state index is 12.5. The second-order valence-corrected chi connectivity index (χ2v) is 6.46. The number of halogens is 1. The van der Waals surface area contributed by atoms with Gasteiger partial charge in [0.15, 0.2) is 6.04 Å². The third-order valence-electron chi connectivity index (χ3n) is 4.32. The molecule has 0 aromatic heterocycles. The maximum atomic E-state index is 12.5. The van der Waals surface area contributed by atoms with Gasteiger partial charge in [-0.1, -0.05) is 29.8 Å². The van der Waals surface area contributed by atoms with E-state index >= 15 is 0 Å². The first kappa shape index (κ1) is 17.3. The Morgan fingerprint density at radius 2 is 2.00 bits per heavy atom. The summed E-state index contributed by atoms with van der Waals surface area (Å²) in [5.74, 6) is -1.22. The van der Waals surface area contributed by atoms with E-state index in [1.54, 1.807) is 49.4 Å². The minimum atomic E-state index is -1.11. The molecule has 2 aromatic carbocycles. The molecule has 2 atom stereocenters. The monoisotopic (exact) mass is 359 g/mol. The molecular formula is C19H18ClNO4. The summed E-state index contributed by atoms with van der Waals surface area (Å²) in [6.07, 6.45) is 0.738. The molecule has 3 rings (SSSR count). The van der Waals surface area contributed by atoms with E-state index in [0.717, 1.165) is 23.3 Å². The standard InChI is InChI=1S/C19H18ClNO4/c1-11(12-3-2-4-15(20)10-12)18(22)21-17(19(23)24)14-5-6-16-13(9-14)7-8-25-16/h2-6,9-11,17H,7-8H2,1H3,(H,21,22)(H,23,24). The molecule has 0 aliphatic carbocycles. The summed E-state index contributed by atoms with van der Waals surface area (Å²) in [5.41, 5.74) is 2.22. The van der Waals surface area contributed by atoms with Gasteiger partial charge in [0, 0.05) is 11.4 Å². The number of carbonyl (C=O) groups excluding carboxylic acids is 1. The van der Waals surface area contributed by atoms with E-state index in [2.05, 4.69) is 5.32 Å². The summed E-state index contributed by atoms with van der Waals surface area (Å²) in [6, 6.07) is 11.1. The minimum Gasteiger partial charge on any atom is -0.493 e. The van der Waals surface area contributed by atoms with Gasteiger partial charge in [0.2, 0.25) is 5.91 Å². The zero-order valence-electron chi connectivity index (χ0n) is 13.7. The Kier molecular flexibility index (Phi) is 4.95. The lowest BCUT2D eigenvalue weighted by Crippen LogP contribution is -2.36. The van der Waals surface area contributed by atoms with Crippen molar-refractivity contribution >= 4 is 23.5 Å². The molecule has 2 N–H and O–H groups in total. The molecule has 1 aliphatic rings. The van der Waals surface area contributed by atoms with E-state index in [1.807, 2.05) is 0 Å². The summed E-state index contributed by atoms with van der Waals surface area (Å²) in [7, 11) is 0. The van der Waals surface area contributed by atoms with Crippen molar-refractivity contribution in [3.8, 4) is 5.75 Å². The van der Waals surface area contributed by atoms with Gasteiger partial charge in [0.1, 0.15) is 5.75 Å². The Balaban J connectivity index is 1.80. The first-order valence-corrected chi connectivity index (χ1v) is 8.38. The number of benzene rings is 2. The lowest BCUT2D eigenvalue weighted by Gasteiger charge is -2.19. The van der Waals surface area contributed by atoms with E-state index in [4.69, 9.17) is 16.3 Å². The summed E-state index contributed by atoms with van der Waals surface area (Å²) in [4.78, 5) is 24.2. The number of amides is 1. The van der Waals surface area contributed by atoms with Crippen molar-refractivity contribution in [3.63, 3.8) is 0 Å². The van der Waals surface area contributed by atoms with E-state index in [0.29, 0.717) is 17.2 Å². The third kappa shape index (κ3) is 3.77. The van der Waals surface area contributed by atoms with Crippen molar-refractivity contribution < 1.29 is 19.4 Å². The van der Waals surface area contributed by atoms with Gasteiger partial charge >= 0.3 is 5.97 Å². The molecule has 25 heavy (non-hydrogen) atoms. The molecule has 2 unspecified atom stereocenters. The first-order chi connectivity index (χ1) is 12.0. The predicted molar refractivity (Wildman–Crippen MR) is 94.0 cm³/mol. The molecular weight excluding hydrogens is 342 g/mol. The zero-order valence-corrected chi connectivity index (χ0v) is 14.4. The van der Waals surface area contributed by atoms with Gasteiger partial charge < -0.3 is 15.2 Å². The topological polar surface area (TPSA) is 75.6 Å². The van der Waals surface area contributed by atoms with E-state index < -0.39 is 17.9 Å². The molecule has 0 spiro atoms. The number of aliphatic carboxylic acids is 1. The predicted octanol–water partition coefficient (Wildman–Crippen LogP) is 3.32. The number of fused-ring (bicyclic) bond motifs is 1. The number of nitrogens with one attached hydrogen (secondary N) is 1. The van der Waals surface area contributed by atoms with Crippen LogP contribution in [-0.2, 0) is 16.0 Å². The summed E-state index contributed by atoms with van der Waals surface area (Å²) in [6.45, 7) is 2.31. The average molecular weight is 360 g/mol. The molecule has 1 amide bonds. The van der Waals surface area contributed by atoms with Crippen LogP contribution < -0.4 is 10.1 Å². The molecule has 1 heterocycles. The molecule has 6 heteroatoms. The van der Waals surface area contributed by atoms with E-state index in [1.165, 1.54) is 0 Å². The van der Waals surface area contributed by atoms with Crippen molar-refractivity contribution in [1.29, 1.82) is 0 Å². The minimum absolute atomic E-state index is 0.369. The third-order valence-corrected chi connectivity index (χ3v) is 4.56. The van der Waals surface area contributed by atoms with Gasteiger partial charge in [-0.15, -0.1) is 0 Å². The molecule has 5 nitrogen and oxygen atoms in total. The van der Waals surface area contributed by atoms with Gasteiger partial charge in [-0.05, 0) is 47.9 Å². The Hall–Kier alpha value is -2.53. The van der Waals surface area contributed by atoms with Crippen LogP contribution in [0.2, 0.25) is 5.02 Å². The summed E-state index contributed by atoms with van der Waals surface area (Å²) >= 11 is 5.96. The summed E-state index contributed by atoms with van der Waals surface area (Å²) in [5, 5.41) is 12.7. The van der Waals surface area contributed by atoms with Gasteiger partial charge in [0.05, 0.1) is 12.5 Å². The highest BCUT2D eigenvalue weighted by atomic mass is 35.5. The molecule has 0 fully saturated rings. The van der Waals surface area contributed by atoms with Crippen molar-refractivity contribution in [2.75, 3.05) is 6.61 Å². The highest BCUT2D eigenvalue weighted by molar-refractivity contribution is 6.30. The second-order valence-electron chi connectivity index (χ2n) is 6.02. The molecule has 0 saturated heterocycles. The number of carbonyl (C=O) groups is 2. The molecule has 0 saturated carbocycles. The zero-order chi connectivity index (χ0) is 18.0. The van der Waals surface area contributed by atoms with Crippen molar-refractivity contribution in [1.82, 2.24) is 5.32 Å². The Morgan fingerprint density at radius 3 is 2.72 bits per heavy atom. The smallest absolute Gasteiger partial charge is 0.330 e. The van der Waals surface area contributed by atoms with Crippen molar-refractivity contribution in [2.45, 2.75) is 25.3 Å². The Labute approximate surface area is 150 Å². The number of hydrogen-bond donors (Lipinski definition) is 2. The Morgan fingerprint density at radius 1 is 1.20 bits per heavy atom. The number of ether oxygens (including phenoxy) is 1. The first-order valence-electron chi connectivity index (χ1n) is 8.00. The number of rotatable bonds is 5. The van der Waals surface area contributed by atoms with Gasteiger partial charge in [0.25, 0.3) is 0 Å². The fourth-order valence-corrected chi connectivity index (χ4v) is 3.07. The van der Waals surface area contributed by atoms with Crippen LogP contribution in [0, 0.1) is 0 Å². The summed E-state index contributed by atoms with van der Waals surface area (Å²) < 4.78 is 5.43. The van der Waals surface area contributed by atoms with Crippen LogP contribution in [0.25, 0.3) is 0 Å². The van der Waals surface area contributed by atoms with Crippen LogP contribution in [0.15, 0.2) is 42.5 Å². The lowest BCUT2D eigenvalue weighted by molar-refractivity contribution is -0.142. The fraction of sp³-hybridized carbons (Fsp3) is 0.263. The number of carboxylic acid groups (broad SMARTS) is 1. The molecule has 0 bridgehead atoms. The number of carboxylic acids is 1. The van der Waals surface area contributed by atoms with Crippen LogP contribution in [0.5, 0.6) is 5.75 Å². The Bertz CT molecular complexity index is 821.